The summed E-state index contributed by atoms with van der Waals surface area (Å²) in [7, 11) is 0. The lowest BCUT2D eigenvalue weighted by molar-refractivity contribution is -0.141. The first kappa shape index (κ1) is 14.5. The van der Waals surface area contributed by atoms with Gasteiger partial charge < -0.3 is 15.7 Å². The number of nitrogens with zero attached hydrogens (tertiary/aromatic N) is 1. The molecule has 100 valence electrons. The SMILES string of the molecule is C#CCC(NC(=O)CN1CCCNCC1)C(=O)O. The Morgan fingerprint density at radius 1 is 1.44 bits per heavy atom. The number of aliphatic carboxylic acids is 1. The van der Waals surface area contributed by atoms with Crippen molar-refractivity contribution in [2.75, 3.05) is 32.7 Å². The van der Waals surface area contributed by atoms with E-state index in [4.69, 9.17) is 11.5 Å². The lowest BCUT2D eigenvalue weighted by Gasteiger charge is -2.20. The maximum absolute atomic E-state index is 11.7. The Hall–Kier alpha value is -1.58. The van der Waals surface area contributed by atoms with Crippen molar-refractivity contribution in [3.8, 4) is 12.3 Å². The predicted octanol–water partition coefficient (Wildman–Crippen LogP) is -1.13. The average Bonchev–Trinajstić information content (AvgIpc) is 2.57. The van der Waals surface area contributed by atoms with Crippen LogP contribution in [0.15, 0.2) is 0 Å². The van der Waals surface area contributed by atoms with Gasteiger partial charge in [0.05, 0.1) is 6.54 Å². The largest absolute Gasteiger partial charge is 0.480 e. The van der Waals surface area contributed by atoms with Crippen LogP contribution in [0.1, 0.15) is 12.8 Å². The molecule has 1 fully saturated rings. The van der Waals surface area contributed by atoms with Crippen LogP contribution in [0.4, 0.5) is 0 Å². The summed E-state index contributed by atoms with van der Waals surface area (Å²) in [6.45, 7) is 3.65. The van der Waals surface area contributed by atoms with E-state index < -0.39 is 12.0 Å². The second-order valence-electron chi connectivity index (χ2n) is 4.25. The van der Waals surface area contributed by atoms with E-state index >= 15 is 0 Å². The maximum Gasteiger partial charge on any atom is 0.327 e. The minimum absolute atomic E-state index is 0.00261. The molecular formula is C12H19N3O3. The van der Waals surface area contributed by atoms with Gasteiger partial charge in [-0.15, -0.1) is 12.3 Å². The third-order valence-corrected chi connectivity index (χ3v) is 2.76. The first-order valence-electron chi connectivity index (χ1n) is 6.02. The van der Waals surface area contributed by atoms with Crippen molar-refractivity contribution in [3.05, 3.63) is 0 Å². The van der Waals surface area contributed by atoms with Gasteiger partial charge in [-0.2, -0.15) is 0 Å². The predicted molar refractivity (Wildman–Crippen MR) is 66.9 cm³/mol. The molecule has 0 aromatic carbocycles. The fourth-order valence-corrected chi connectivity index (χ4v) is 1.82. The van der Waals surface area contributed by atoms with E-state index in [0.717, 1.165) is 32.6 Å². The zero-order chi connectivity index (χ0) is 13.4. The highest BCUT2D eigenvalue weighted by molar-refractivity contribution is 5.84. The van der Waals surface area contributed by atoms with Crippen molar-refractivity contribution in [2.24, 2.45) is 0 Å². The molecule has 1 atom stereocenters. The van der Waals surface area contributed by atoms with E-state index in [-0.39, 0.29) is 18.9 Å². The molecule has 1 saturated heterocycles. The van der Waals surface area contributed by atoms with Gasteiger partial charge >= 0.3 is 5.97 Å². The maximum atomic E-state index is 11.7. The van der Waals surface area contributed by atoms with E-state index in [1.54, 1.807) is 0 Å². The van der Waals surface area contributed by atoms with Crippen LogP contribution >= 0.6 is 0 Å². The molecule has 1 unspecified atom stereocenters. The van der Waals surface area contributed by atoms with Crippen LogP contribution in [0, 0.1) is 12.3 Å². The van der Waals surface area contributed by atoms with Crippen molar-refractivity contribution in [1.29, 1.82) is 0 Å². The van der Waals surface area contributed by atoms with Crippen LogP contribution in [-0.4, -0.2) is 60.6 Å². The zero-order valence-corrected chi connectivity index (χ0v) is 10.3. The highest BCUT2D eigenvalue weighted by Gasteiger charge is 2.20. The summed E-state index contributed by atoms with van der Waals surface area (Å²) >= 11 is 0. The number of carboxylic acid groups (broad SMARTS) is 1. The topological polar surface area (TPSA) is 81.7 Å². The van der Waals surface area contributed by atoms with Gasteiger partial charge in [-0.1, -0.05) is 0 Å². The number of amides is 1. The average molecular weight is 253 g/mol. The Morgan fingerprint density at radius 2 is 2.22 bits per heavy atom. The Kier molecular flexibility index (Phi) is 6.19. The molecule has 0 spiro atoms. The van der Waals surface area contributed by atoms with Crippen LogP contribution in [0.5, 0.6) is 0 Å². The highest BCUT2D eigenvalue weighted by Crippen LogP contribution is 1.96. The summed E-state index contributed by atoms with van der Waals surface area (Å²) in [6, 6.07) is -0.993. The number of carbonyl (C=O) groups excluding carboxylic acids is 1. The molecule has 18 heavy (non-hydrogen) atoms. The normalized spacial score (nSPS) is 18.4. The monoisotopic (exact) mass is 253 g/mol. The Balaban J connectivity index is 2.39. The molecule has 1 amide bonds. The number of hydrogen-bond donors (Lipinski definition) is 3. The van der Waals surface area contributed by atoms with Crippen molar-refractivity contribution < 1.29 is 14.7 Å². The molecule has 0 radical (unpaired) electrons. The number of carbonyl (C=O) groups is 2. The molecule has 1 rings (SSSR count). The number of rotatable bonds is 5. The summed E-state index contributed by atoms with van der Waals surface area (Å²) in [6.07, 6.45) is 6.05. The molecule has 3 N–H and O–H groups in total. The molecule has 6 heteroatoms. The molecule has 0 aliphatic carbocycles. The lowest BCUT2D eigenvalue weighted by atomic mass is 10.2. The van der Waals surface area contributed by atoms with Crippen LogP contribution in [0.3, 0.4) is 0 Å². The van der Waals surface area contributed by atoms with Gasteiger partial charge in [0.2, 0.25) is 5.91 Å². The van der Waals surface area contributed by atoms with Gasteiger partial charge in [-0.3, -0.25) is 9.69 Å². The number of carboxylic acids is 1. The zero-order valence-electron chi connectivity index (χ0n) is 10.3. The summed E-state index contributed by atoms with van der Waals surface area (Å²) in [4.78, 5) is 24.6. The van der Waals surface area contributed by atoms with E-state index in [2.05, 4.69) is 16.6 Å². The van der Waals surface area contributed by atoms with Gasteiger partial charge in [0.15, 0.2) is 0 Å². The molecule has 1 aliphatic heterocycles. The van der Waals surface area contributed by atoms with Crippen LogP contribution in [0.25, 0.3) is 0 Å². The van der Waals surface area contributed by atoms with Crippen LogP contribution in [-0.2, 0) is 9.59 Å². The minimum atomic E-state index is -1.10. The Morgan fingerprint density at radius 3 is 2.89 bits per heavy atom. The van der Waals surface area contributed by atoms with Gasteiger partial charge in [0, 0.05) is 19.5 Å². The smallest absolute Gasteiger partial charge is 0.327 e. The fraction of sp³-hybridized carbons (Fsp3) is 0.667. The molecule has 0 aromatic heterocycles. The van der Waals surface area contributed by atoms with E-state index in [1.165, 1.54) is 0 Å². The van der Waals surface area contributed by atoms with E-state index in [0.29, 0.717) is 0 Å². The molecular weight excluding hydrogens is 234 g/mol. The Labute approximate surface area is 107 Å². The summed E-state index contributed by atoms with van der Waals surface area (Å²) in [5.41, 5.74) is 0. The van der Waals surface area contributed by atoms with E-state index in [1.807, 2.05) is 4.90 Å². The number of hydrogen-bond acceptors (Lipinski definition) is 4. The van der Waals surface area contributed by atoms with Gasteiger partial charge in [0.25, 0.3) is 0 Å². The molecule has 0 aromatic rings. The summed E-state index contributed by atoms with van der Waals surface area (Å²) in [5.74, 6) is 0.859. The van der Waals surface area contributed by atoms with Crippen molar-refractivity contribution in [3.63, 3.8) is 0 Å². The Bertz CT molecular complexity index is 330. The fourth-order valence-electron chi connectivity index (χ4n) is 1.82. The van der Waals surface area contributed by atoms with Gasteiger partial charge in [-0.05, 0) is 19.5 Å². The third kappa shape index (κ3) is 5.17. The van der Waals surface area contributed by atoms with Crippen LogP contribution in [0.2, 0.25) is 0 Å². The molecule has 1 aliphatic rings. The summed E-state index contributed by atoms with van der Waals surface area (Å²) < 4.78 is 0. The third-order valence-electron chi connectivity index (χ3n) is 2.76. The van der Waals surface area contributed by atoms with Crippen molar-refractivity contribution in [1.82, 2.24) is 15.5 Å². The molecule has 6 nitrogen and oxygen atoms in total. The first-order chi connectivity index (χ1) is 8.63. The molecule has 0 bridgehead atoms. The number of nitrogens with one attached hydrogen (secondary N) is 2. The number of terminal acetylenes is 1. The van der Waals surface area contributed by atoms with Gasteiger partial charge in [-0.25, -0.2) is 4.79 Å². The summed E-state index contributed by atoms with van der Waals surface area (Å²) in [5, 5.41) is 14.5. The quantitative estimate of drug-likeness (QED) is 0.540. The molecule has 0 saturated carbocycles. The molecule has 1 heterocycles. The highest BCUT2D eigenvalue weighted by atomic mass is 16.4. The van der Waals surface area contributed by atoms with Gasteiger partial charge in [0.1, 0.15) is 6.04 Å². The van der Waals surface area contributed by atoms with E-state index in [9.17, 15) is 9.59 Å². The van der Waals surface area contributed by atoms with Crippen LogP contribution < -0.4 is 10.6 Å². The second-order valence-corrected chi connectivity index (χ2v) is 4.25. The first-order valence-corrected chi connectivity index (χ1v) is 6.02. The minimum Gasteiger partial charge on any atom is -0.480 e. The standard InChI is InChI=1S/C12H19N3O3/c1-2-4-10(12(17)18)14-11(16)9-15-7-3-5-13-6-8-15/h1,10,13H,3-9H2,(H,14,16)(H,17,18). The second kappa shape index (κ2) is 7.69. The van der Waals surface area contributed by atoms with Crippen molar-refractivity contribution in [2.45, 2.75) is 18.9 Å². The lowest BCUT2D eigenvalue weighted by Crippen LogP contribution is -2.46. The van der Waals surface area contributed by atoms with Crippen molar-refractivity contribution >= 4 is 11.9 Å².